The summed E-state index contributed by atoms with van der Waals surface area (Å²) >= 11 is 0. The van der Waals surface area contributed by atoms with Gasteiger partial charge in [-0.05, 0) is 57.8 Å². The fraction of sp³-hybridized carbons (Fsp3) is 0.786. The monoisotopic (exact) mass is 616 g/mol. The van der Waals surface area contributed by atoms with Crippen molar-refractivity contribution in [2.24, 2.45) is 0 Å². The van der Waals surface area contributed by atoms with E-state index in [0.717, 1.165) is 12.8 Å². The number of hydrogen-bond donors (Lipinski definition) is 6. The maximum Gasteiger partial charge on any atom is 0.246 e. The Kier molecular flexibility index (Phi) is 23.3. The molecule has 0 unspecified atom stereocenters. The van der Waals surface area contributed by atoms with Gasteiger partial charge in [-0.15, -0.1) is 0 Å². The van der Waals surface area contributed by atoms with Gasteiger partial charge in [-0.1, -0.05) is 6.92 Å². The van der Waals surface area contributed by atoms with Crippen molar-refractivity contribution in [1.82, 2.24) is 31.1 Å². The maximum absolute atomic E-state index is 12.0. The Morgan fingerprint density at radius 3 is 1.19 bits per heavy atom. The second kappa shape index (κ2) is 25.2. The molecule has 0 fully saturated rings. The van der Waals surface area contributed by atoms with Gasteiger partial charge in [-0.25, -0.2) is 15.2 Å². The lowest BCUT2D eigenvalue weighted by atomic mass is 10.2. The molecule has 15 nitrogen and oxygen atoms in total. The van der Waals surface area contributed by atoms with Gasteiger partial charge in [-0.3, -0.25) is 44.4 Å². The zero-order chi connectivity index (χ0) is 32.5. The highest BCUT2D eigenvalue weighted by Gasteiger charge is 2.14. The van der Waals surface area contributed by atoms with Crippen LogP contribution in [-0.2, 0) is 28.8 Å². The summed E-state index contributed by atoms with van der Waals surface area (Å²) in [5.41, 5.74) is 0. The van der Waals surface area contributed by atoms with E-state index < -0.39 is 11.8 Å². The van der Waals surface area contributed by atoms with Gasteiger partial charge in [0.05, 0.1) is 0 Å². The Morgan fingerprint density at radius 2 is 0.837 bits per heavy atom. The first-order chi connectivity index (χ1) is 20.5. The first-order valence-electron chi connectivity index (χ1n) is 15.2. The third kappa shape index (κ3) is 22.9. The molecule has 0 aromatic rings. The van der Waals surface area contributed by atoms with Gasteiger partial charge in [0.15, 0.2) is 0 Å². The number of unbranched alkanes of at least 4 members (excludes halogenated alkanes) is 6. The number of hydrogen-bond acceptors (Lipinski definition) is 9. The minimum absolute atomic E-state index is 0.0470. The van der Waals surface area contributed by atoms with Crippen molar-refractivity contribution in [2.45, 2.75) is 104 Å². The van der Waals surface area contributed by atoms with Crippen molar-refractivity contribution < 1.29 is 44.4 Å². The second-order valence-corrected chi connectivity index (χ2v) is 10.3. The number of nitrogens with one attached hydrogen (secondary N) is 3. The molecule has 0 saturated carbocycles. The number of nitrogens with zero attached hydrogens (tertiary/aromatic N) is 3. The minimum atomic E-state index is -0.556. The van der Waals surface area contributed by atoms with Gasteiger partial charge in [0.1, 0.15) is 0 Å². The van der Waals surface area contributed by atoms with Crippen molar-refractivity contribution in [3.05, 3.63) is 0 Å². The molecule has 15 heteroatoms. The zero-order valence-corrected chi connectivity index (χ0v) is 25.8. The lowest BCUT2D eigenvalue weighted by Crippen LogP contribution is -2.31. The summed E-state index contributed by atoms with van der Waals surface area (Å²) in [6.45, 7) is 4.95. The Bertz CT molecular complexity index is 859. The van der Waals surface area contributed by atoms with Gasteiger partial charge < -0.3 is 16.0 Å². The van der Waals surface area contributed by atoms with E-state index in [9.17, 15) is 44.4 Å². The number of hydroxylamine groups is 6. The molecule has 0 atom stereocenters. The Labute approximate surface area is 254 Å². The van der Waals surface area contributed by atoms with Crippen LogP contribution in [0.15, 0.2) is 0 Å². The van der Waals surface area contributed by atoms with Crippen molar-refractivity contribution in [2.75, 3.05) is 39.3 Å². The van der Waals surface area contributed by atoms with Gasteiger partial charge in [0, 0.05) is 78.3 Å². The quantitative estimate of drug-likeness (QED) is 0.0498. The van der Waals surface area contributed by atoms with Gasteiger partial charge in [-0.2, -0.15) is 0 Å². The van der Waals surface area contributed by atoms with Gasteiger partial charge >= 0.3 is 0 Å². The third-order valence-corrected chi connectivity index (χ3v) is 6.46. The molecule has 0 rings (SSSR count). The highest BCUT2D eigenvalue weighted by atomic mass is 16.5. The van der Waals surface area contributed by atoms with Crippen molar-refractivity contribution in [3.8, 4) is 0 Å². The molecule has 0 spiro atoms. The van der Waals surface area contributed by atoms with Crippen LogP contribution >= 0.6 is 0 Å². The number of carbonyl (C=O) groups excluding carboxylic acids is 6. The predicted molar refractivity (Wildman–Crippen MR) is 156 cm³/mol. The zero-order valence-electron chi connectivity index (χ0n) is 25.8. The van der Waals surface area contributed by atoms with Crippen LogP contribution in [-0.4, -0.2) is 106 Å². The third-order valence-electron chi connectivity index (χ3n) is 6.46. The maximum atomic E-state index is 12.0. The van der Waals surface area contributed by atoms with Crippen LogP contribution in [0.4, 0.5) is 0 Å². The van der Waals surface area contributed by atoms with Crippen LogP contribution in [0.2, 0.25) is 0 Å². The van der Waals surface area contributed by atoms with Crippen LogP contribution in [0, 0.1) is 0 Å². The summed E-state index contributed by atoms with van der Waals surface area (Å²) < 4.78 is 0. The molecule has 0 saturated heterocycles. The summed E-state index contributed by atoms with van der Waals surface area (Å²) in [7, 11) is 0. The summed E-state index contributed by atoms with van der Waals surface area (Å²) in [5.74, 6) is -2.13. The Hall–Kier alpha value is -3.30. The topological polar surface area (TPSA) is 209 Å². The molecule has 0 heterocycles. The van der Waals surface area contributed by atoms with Crippen LogP contribution in [0.25, 0.3) is 0 Å². The average Bonchev–Trinajstić information content (AvgIpc) is 2.98. The SMILES string of the molecule is CCC(=O)N(O)CCCCCNC(=O)CCC(=O)N(O)CCCCCNC(=O)CCC(=O)N(O)CCCCCNC(C)=O. The first kappa shape index (κ1) is 39.7. The number of amides is 6. The minimum Gasteiger partial charge on any atom is -0.356 e. The number of rotatable bonds is 25. The largest absolute Gasteiger partial charge is 0.356 e. The van der Waals surface area contributed by atoms with E-state index in [2.05, 4.69) is 16.0 Å². The van der Waals surface area contributed by atoms with E-state index >= 15 is 0 Å². The first-order valence-corrected chi connectivity index (χ1v) is 15.2. The molecule has 248 valence electrons. The van der Waals surface area contributed by atoms with Crippen molar-refractivity contribution in [1.29, 1.82) is 0 Å². The normalized spacial score (nSPS) is 10.5. The molecule has 43 heavy (non-hydrogen) atoms. The van der Waals surface area contributed by atoms with E-state index in [-0.39, 0.29) is 75.4 Å². The molecule has 0 aromatic carbocycles. The Morgan fingerprint density at radius 1 is 0.488 bits per heavy atom. The fourth-order valence-electron chi connectivity index (χ4n) is 3.84. The molecule has 6 N–H and O–H groups in total. The predicted octanol–water partition coefficient (Wildman–Crippen LogP) is 1.49. The van der Waals surface area contributed by atoms with Crippen LogP contribution in [0.5, 0.6) is 0 Å². The van der Waals surface area contributed by atoms with Gasteiger partial charge in [0.2, 0.25) is 35.4 Å². The summed E-state index contributed by atoms with van der Waals surface area (Å²) in [6.07, 6.45) is 5.72. The number of carbonyl (C=O) groups is 6. The molecule has 0 aliphatic rings. The summed E-state index contributed by atoms with van der Waals surface area (Å²) in [5, 5.41) is 39.1. The van der Waals surface area contributed by atoms with Crippen LogP contribution < -0.4 is 16.0 Å². The van der Waals surface area contributed by atoms with Crippen LogP contribution in [0.3, 0.4) is 0 Å². The second-order valence-electron chi connectivity index (χ2n) is 10.3. The van der Waals surface area contributed by atoms with E-state index in [1.807, 2.05) is 0 Å². The highest BCUT2D eigenvalue weighted by molar-refractivity contribution is 5.83. The summed E-state index contributed by atoms with van der Waals surface area (Å²) in [4.78, 5) is 69.9. The average molecular weight is 617 g/mol. The molecular formula is C28H52N6O9. The summed E-state index contributed by atoms with van der Waals surface area (Å²) in [6, 6.07) is 0. The molecule has 0 aliphatic heterocycles. The van der Waals surface area contributed by atoms with Crippen molar-refractivity contribution >= 4 is 35.4 Å². The lowest BCUT2D eigenvalue weighted by Gasteiger charge is -2.15. The molecule has 0 bridgehead atoms. The van der Waals surface area contributed by atoms with Gasteiger partial charge in [0.25, 0.3) is 0 Å². The van der Waals surface area contributed by atoms with E-state index in [4.69, 9.17) is 0 Å². The van der Waals surface area contributed by atoms with E-state index in [0.29, 0.717) is 79.8 Å². The van der Waals surface area contributed by atoms with E-state index in [1.165, 1.54) is 6.92 Å². The Balaban J connectivity index is 3.77. The molecule has 0 aliphatic carbocycles. The van der Waals surface area contributed by atoms with Crippen molar-refractivity contribution in [3.63, 3.8) is 0 Å². The molecule has 6 amide bonds. The highest BCUT2D eigenvalue weighted by Crippen LogP contribution is 2.03. The molecule has 0 radical (unpaired) electrons. The lowest BCUT2D eigenvalue weighted by molar-refractivity contribution is -0.166. The standard InChI is InChI=1S/C28H52N6O9/c1-3-26(38)32(41)20-10-5-8-18-30-24(36)14-16-28(40)34(43)22-12-6-9-19-31-25(37)13-15-27(39)33(42)21-11-4-7-17-29-23(2)35/h41-43H,3-22H2,1-2H3,(H,29,35)(H,30,36)(H,31,37). The molecular weight excluding hydrogens is 564 g/mol. The molecule has 0 aromatic heterocycles. The fourth-order valence-corrected chi connectivity index (χ4v) is 3.84. The van der Waals surface area contributed by atoms with Crippen LogP contribution in [0.1, 0.15) is 104 Å². The van der Waals surface area contributed by atoms with E-state index in [1.54, 1.807) is 6.92 Å². The smallest absolute Gasteiger partial charge is 0.246 e.